The van der Waals surface area contributed by atoms with Crippen LogP contribution in [-0.2, 0) is 0 Å². The van der Waals surface area contributed by atoms with Crippen LogP contribution in [0.15, 0.2) is 36.7 Å². The number of anilines is 1. The van der Waals surface area contributed by atoms with E-state index in [-0.39, 0.29) is 17.3 Å². The monoisotopic (exact) mass is 297 g/mol. The van der Waals surface area contributed by atoms with Crippen LogP contribution >= 0.6 is 0 Å². The van der Waals surface area contributed by atoms with Gasteiger partial charge in [-0.25, -0.2) is 14.8 Å². The first-order valence-electron chi connectivity index (χ1n) is 7.04. The fourth-order valence-corrected chi connectivity index (χ4v) is 2.65. The SMILES string of the molecule is CC1CCN(C(=O)c2cnc(C(=O)O)cn2)c2ccccc21. The highest BCUT2D eigenvalue weighted by atomic mass is 16.4. The number of carboxylic acid groups (broad SMARTS) is 1. The van der Waals surface area contributed by atoms with Gasteiger partial charge in [0, 0.05) is 12.2 Å². The van der Waals surface area contributed by atoms with Gasteiger partial charge in [0.15, 0.2) is 5.69 Å². The van der Waals surface area contributed by atoms with E-state index in [4.69, 9.17) is 5.11 Å². The minimum Gasteiger partial charge on any atom is -0.476 e. The summed E-state index contributed by atoms with van der Waals surface area (Å²) in [5.74, 6) is -1.02. The predicted octanol–water partition coefficient (Wildman–Crippen LogP) is 2.33. The molecule has 1 aromatic carbocycles. The Kier molecular flexibility index (Phi) is 3.58. The second-order valence-electron chi connectivity index (χ2n) is 5.30. The zero-order chi connectivity index (χ0) is 15.7. The lowest BCUT2D eigenvalue weighted by atomic mass is 9.91. The van der Waals surface area contributed by atoms with Gasteiger partial charge in [-0.15, -0.1) is 0 Å². The maximum Gasteiger partial charge on any atom is 0.356 e. The number of hydrogen-bond donors (Lipinski definition) is 1. The average Bonchev–Trinajstić information content (AvgIpc) is 2.55. The van der Waals surface area contributed by atoms with Crippen molar-refractivity contribution in [3.05, 3.63) is 53.6 Å². The molecule has 1 aliphatic heterocycles. The Labute approximate surface area is 127 Å². The number of benzene rings is 1. The molecule has 0 saturated carbocycles. The van der Waals surface area contributed by atoms with Crippen LogP contribution in [0.25, 0.3) is 0 Å². The van der Waals surface area contributed by atoms with Crippen LogP contribution < -0.4 is 4.90 Å². The molecule has 0 spiro atoms. The Morgan fingerprint density at radius 1 is 1.18 bits per heavy atom. The summed E-state index contributed by atoms with van der Waals surface area (Å²) < 4.78 is 0. The quantitative estimate of drug-likeness (QED) is 0.919. The van der Waals surface area contributed by atoms with Crippen LogP contribution in [0.4, 0.5) is 5.69 Å². The molecule has 0 bridgehead atoms. The van der Waals surface area contributed by atoms with Crippen LogP contribution in [0.2, 0.25) is 0 Å². The second kappa shape index (κ2) is 5.55. The molecule has 6 nitrogen and oxygen atoms in total. The molecule has 22 heavy (non-hydrogen) atoms. The van der Waals surface area contributed by atoms with E-state index in [2.05, 4.69) is 16.9 Å². The molecule has 0 radical (unpaired) electrons. The van der Waals surface area contributed by atoms with Gasteiger partial charge in [-0.05, 0) is 24.0 Å². The van der Waals surface area contributed by atoms with Crippen molar-refractivity contribution in [1.82, 2.24) is 9.97 Å². The molecule has 0 fully saturated rings. The van der Waals surface area contributed by atoms with E-state index in [1.807, 2.05) is 24.3 Å². The van der Waals surface area contributed by atoms with Gasteiger partial charge in [-0.1, -0.05) is 25.1 Å². The summed E-state index contributed by atoms with van der Waals surface area (Å²) in [5.41, 5.74) is 1.99. The summed E-state index contributed by atoms with van der Waals surface area (Å²) in [6, 6.07) is 7.81. The summed E-state index contributed by atoms with van der Waals surface area (Å²) in [5, 5.41) is 8.82. The molecule has 2 aromatic rings. The van der Waals surface area contributed by atoms with Crippen molar-refractivity contribution >= 4 is 17.6 Å². The Bertz CT molecular complexity index is 728. The highest BCUT2D eigenvalue weighted by molar-refractivity contribution is 6.05. The number of carbonyl (C=O) groups excluding carboxylic acids is 1. The summed E-state index contributed by atoms with van der Waals surface area (Å²) in [7, 11) is 0. The third kappa shape index (κ3) is 2.43. The van der Waals surface area contributed by atoms with Crippen molar-refractivity contribution in [2.45, 2.75) is 19.3 Å². The molecule has 1 aliphatic rings. The van der Waals surface area contributed by atoms with Gasteiger partial charge in [0.2, 0.25) is 0 Å². The van der Waals surface area contributed by atoms with Crippen LogP contribution in [0, 0.1) is 0 Å². The van der Waals surface area contributed by atoms with Gasteiger partial charge >= 0.3 is 5.97 Å². The molecular weight excluding hydrogens is 282 g/mol. The third-order valence-electron chi connectivity index (χ3n) is 3.88. The molecule has 6 heteroatoms. The lowest BCUT2D eigenvalue weighted by molar-refractivity contribution is 0.0689. The number of aromatic carboxylic acids is 1. The number of rotatable bonds is 2. The minimum absolute atomic E-state index is 0.148. The smallest absolute Gasteiger partial charge is 0.356 e. The molecular formula is C16H15N3O3. The van der Waals surface area contributed by atoms with Gasteiger partial charge in [-0.3, -0.25) is 4.79 Å². The van der Waals surface area contributed by atoms with Crippen molar-refractivity contribution < 1.29 is 14.7 Å². The number of para-hydroxylation sites is 1. The van der Waals surface area contributed by atoms with Crippen LogP contribution in [0.5, 0.6) is 0 Å². The fourth-order valence-electron chi connectivity index (χ4n) is 2.65. The summed E-state index contributed by atoms with van der Waals surface area (Å²) in [6.07, 6.45) is 3.20. The van der Waals surface area contributed by atoms with Crippen LogP contribution in [0.3, 0.4) is 0 Å². The molecule has 2 heterocycles. The van der Waals surface area contributed by atoms with Crippen molar-refractivity contribution in [2.75, 3.05) is 11.4 Å². The predicted molar refractivity (Wildman–Crippen MR) is 80.1 cm³/mol. The largest absolute Gasteiger partial charge is 0.476 e. The summed E-state index contributed by atoms with van der Waals surface area (Å²) in [4.78, 5) is 32.8. The van der Waals surface area contributed by atoms with E-state index >= 15 is 0 Å². The lowest BCUT2D eigenvalue weighted by Crippen LogP contribution is -2.36. The number of hydrogen-bond acceptors (Lipinski definition) is 4. The highest BCUT2D eigenvalue weighted by Crippen LogP contribution is 2.35. The molecule has 1 amide bonds. The molecule has 1 atom stereocenters. The van der Waals surface area contributed by atoms with Gasteiger partial charge in [0.05, 0.1) is 12.4 Å². The number of carboxylic acids is 1. The molecule has 1 aromatic heterocycles. The summed E-state index contributed by atoms with van der Waals surface area (Å²) >= 11 is 0. The number of fused-ring (bicyclic) bond motifs is 1. The van der Waals surface area contributed by atoms with Crippen molar-refractivity contribution in [3.63, 3.8) is 0 Å². The Morgan fingerprint density at radius 3 is 2.55 bits per heavy atom. The van der Waals surface area contributed by atoms with Gasteiger partial charge in [0.25, 0.3) is 5.91 Å². The van der Waals surface area contributed by atoms with E-state index < -0.39 is 5.97 Å². The number of aromatic nitrogens is 2. The molecule has 1 unspecified atom stereocenters. The minimum atomic E-state index is -1.16. The molecule has 112 valence electrons. The second-order valence-corrected chi connectivity index (χ2v) is 5.30. The van der Waals surface area contributed by atoms with E-state index in [9.17, 15) is 9.59 Å². The van der Waals surface area contributed by atoms with Crippen molar-refractivity contribution in [3.8, 4) is 0 Å². The topological polar surface area (TPSA) is 83.4 Å². The van der Waals surface area contributed by atoms with E-state index in [1.165, 1.54) is 6.20 Å². The first-order valence-corrected chi connectivity index (χ1v) is 7.04. The van der Waals surface area contributed by atoms with Gasteiger partial charge in [0.1, 0.15) is 5.69 Å². The lowest BCUT2D eigenvalue weighted by Gasteiger charge is -2.32. The number of amides is 1. The Balaban J connectivity index is 1.93. The Morgan fingerprint density at radius 2 is 1.86 bits per heavy atom. The molecule has 1 N–H and O–H groups in total. The zero-order valence-corrected chi connectivity index (χ0v) is 12.1. The van der Waals surface area contributed by atoms with Gasteiger partial charge < -0.3 is 10.0 Å². The fraction of sp³-hybridized carbons (Fsp3) is 0.250. The maximum absolute atomic E-state index is 12.6. The van der Waals surface area contributed by atoms with Gasteiger partial charge in [-0.2, -0.15) is 0 Å². The van der Waals surface area contributed by atoms with Crippen molar-refractivity contribution in [1.29, 1.82) is 0 Å². The standard InChI is InChI=1S/C16H15N3O3/c1-10-6-7-19(14-5-3-2-4-11(10)14)15(20)12-8-18-13(9-17-12)16(21)22/h2-5,8-10H,6-7H2,1H3,(H,21,22). The normalized spacial score (nSPS) is 17.0. The summed E-state index contributed by atoms with van der Waals surface area (Å²) in [6.45, 7) is 2.75. The number of nitrogens with zero attached hydrogens (tertiary/aromatic N) is 3. The molecule has 0 aliphatic carbocycles. The van der Waals surface area contributed by atoms with Crippen LogP contribution in [0.1, 0.15) is 45.8 Å². The maximum atomic E-state index is 12.6. The van der Waals surface area contributed by atoms with E-state index in [0.29, 0.717) is 12.5 Å². The zero-order valence-electron chi connectivity index (χ0n) is 12.1. The first-order chi connectivity index (χ1) is 10.6. The first kappa shape index (κ1) is 14.2. The highest BCUT2D eigenvalue weighted by Gasteiger charge is 2.27. The van der Waals surface area contributed by atoms with Crippen LogP contribution in [-0.4, -0.2) is 33.5 Å². The molecule has 0 saturated heterocycles. The average molecular weight is 297 g/mol. The third-order valence-corrected chi connectivity index (χ3v) is 3.88. The van der Waals surface area contributed by atoms with E-state index in [1.54, 1.807) is 4.90 Å². The Hall–Kier alpha value is -2.76. The number of carbonyl (C=O) groups is 2. The molecule has 3 rings (SSSR count). The van der Waals surface area contributed by atoms with E-state index in [0.717, 1.165) is 23.9 Å². The van der Waals surface area contributed by atoms with Crippen molar-refractivity contribution in [2.24, 2.45) is 0 Å².